The lowest BCUT2D eigenvalue weighted by Crippen LogP contribution is -2.34. The Hall–Kier alpha value is -3.67. The number of hydrogen-bond donors (Lipinski definition) is 2. The van der Waals surface area contributed by atoms with Crippen molar-refractivity contribution in [3.63, 3.8) is 0 Å². The number of amides is 2. The molecule has 2 amide bonds. The molecule has 0 radical (unpaired) electrons. The summed E-state index contributed by atoms with van der Waals surface area (Å²) in [5.41, 5.74) is 2.23. The first-order valence-corrected chi connectivity index (χ1v) is 8.74. The summed E-state index contributed by atoms with van der Waals surface area (Å²) < 4.78 is 10.4. The van der Waals surface area contributed by atoms with Gasteiger partial charge in [0.1, 0.15) is 5.75 Å². The number of carbonyl (C=O) groups is 1. The minimum Gasteiger partial charge on any atom is -0.504 e. The van der Waals surface area contributed by atoms with Gasteiger partial charge in [0.25, 0.3) is 0 Å². The van der Waals surface area contributed by atoms with Crippen molar-refractivity contribution in [1.82, 2.24) is 0 Å². The fraction of sp³-hybridized carbons (Fsp3) is 0.136. The number of ether oxygens (including phenoxy) is 2. The van der Waals surface area contributed by atoms with Crippen molar-refractivity contribution >= 4 is 17.4 Å². The summed E-state index contributed by atoms with van der Waals surface area (Å²) in [5, 5.41) is 12.7. The molecule has 0 bridgehead atoms. The van der Waals surface area contributed by atoms with E-state index in [0.29, 0.717) is 29.4 Å². The molecule has 28 heavy (non-hydrogen) atoms. The second-order valence-electron chi connectivity index (χ2n) is 6.09. The number of carbonyl (C=O) groups excluding carboxylic acids is 1. The second-order valence-corrected chi connectivity index (χ2v) is 6.09. The minimum absolute atomic E-state index is 0.0518. The van der Waals surface area contributed by atoms with Gasteiger partial charge in [0.05, 0.1) is 20.8 Å². The lowest BCUT2D eigenvalue weighted by Gasteiger charge is -2.24. The van der Waals surface area contributed by atoms with E-state index in [1.165, 1.54) is 7.11 Å². The molecule has 0 saturated carbocycles. The SMILES string of the molecule is COc1ccc(N(Cc2ccc(O)c(OC)c2)C(=O)Nc2ccccc2)cc1. The fourth-order valence-electron chi connectivity index (χ4n) is 2.76. The van der Waals surface area contributed by atoms with Crippen LogP contribution in [0.15, 0.2) is 72.8 Å². The van der Waals surface area contributed by atoms with Crippen molar-refractivity contribution in [2.45, 2.75) is 6.54 Å². The third kappa shape index (κ3) is 4.54. The van der Waals surface area contributed by atoms with Gasteiger partial charge in [-0.3, -0.25) is 4.90 Å². The fourth-order valence-corrected chi connectivity index (χ4v) is 2.76. The van der Waals surface area contributed by atoms with Gasteiger partial charge in [-0.25, -0.2) is 4.79 Å². The van der Waals surface area contributed by atoms with Gasteiger partial charge in [0, 0.05) is 11.4 Å². The standard InChI is InChI=1S/C22H22N2O4/c1-27-19-11-9-18(10-12-19)24(22(26)23-17-6-4-3-5-7-17)15-16-8-13-20(25)21(14-16)28-2/h3-14,25H,15H2,1-2H3,(H,23,26). The lowest BCUT2D eigenvalue weighted by molar-refractivity contribution is 0.256. The zero-order chi connectivity index (χ0) is 19.9. The van der Waals surface area contributed by atoms with Crippen molar-refractivity contribution in [2.24, 2.45) is 0 Å². The number of hydrogen-bond acceptors (Lipinski definition) is 4. The van der Waals surface area contributed by atoms with Gasteiger partial charge in [-0.2, -0.15) is 0 Å². The number of phenols is 1. The molecule has 3 aromatic rings. The van der Waals surface area contributed by atoms with Crippen LogP contribution in [0.3, 0.4) is 0 Å². The Morgan fingerprint density at radius 3 is 2.32 bits per heavy atom. The monoisotopic (exact) mass is 378 g/mol. The van der Waals surface area contributed by atoms with Gasteiger partial charge >= 0.3 is 6.03 Å². The Morgan fingerprint density at radius 1 is 0.964 bits per heavy atom. The topological polar surface area (TPSA) is 71.0 Å². The van der Waals surface area contributed by atoms with E-state index in [4.69, 9.17) is 9.47 Å². The predicted molar refractivity (Wildman–Crippen MR) is 109 cm³/mol. The first kappa shape index (κ1) is 19.1. The van der Waals surface area contributed by atoms with Crippen LogP contribution in [0.25, 0.3) is 0 Å². The molecule has 0 unspecified atom stereocenters. The van der Waals surface area contributed by atoms with E-state index in [9.17, 15) is 9.90 Å². The largest absolute Gasteiger partial charge is 0.504 e. The highest BCUT2D eigenvalue weighted by Crippen LogP contribution is 2.28. The molecule has 0 spiro atoms. The van der Waals surface area contributed by atoms with E-state index in [-0.39, 0.29) is 11.8 Å². The van der Waals surface area contributed by atoms with Gasteiger partial charge in [-0.15, -0.1) is 0 Å². The van der Waals surface area contributed by atoms with Crippen molar-refractivity contribution in [3.05, 3.63) is 78.4 Å². The number of urea groups is 1. The van der Waals surface area contributed by atoms with Gasteiger partial charge in [-0.05, 0) is 54.1 Å². The van der Waals surface area contributed by atoms with Crippen LogP contribution in [-0.2, 0) is 6.54 Å². The molecule has 144 valence electrons. The summed E-state index contributed by atoms with van der Waals surface area (Å²) in [7, 11) is 3.08. The van der Waals surface area contributed by atoms with Crippen LogP contribution in [0.1, 0.15) is 5.56 Å². The Kier molecular flexibility index (Phi) is 6.01. The first-order chi connectivity index (χ1) is 13.6. The lowest BCUT2D eigenvalue weighted by atomic mass is 10.1. The maximum absolute atomic E-state index is 13.0. The van der Waals surface area contributed by atoms with Crippen LogP contribution >= 0.6 is 0 Å². The number of rotatable bonds is 6. The van der Waals surface area contributed by atoms with Crippen molar-refractivity contribution in [2.75, 3.05) is 24.4 Å². The van der Waals surface area contributed by atoms with Crippen LogP contribution in [0.2, 0.25) is 0 Å². The molecule has 0 aliphatic heterocycles. The van der Waals surface area contributed by atoms with Crippen LogP contribution in [0, 0.1) is 0 Å². The van der Waals surface area contributed by atoms with E-state index in [2.05, 4.69) is 5.32 Å². The maximum atomic E-state index is 13.0. The minimum atomic E-state index is -0.275. The summed E-state index contributed by atoms with van der Waals surface area (Å²) in [6.45, 7) is 0.293. The maximum Gasteiger partial charge on any atom is 0.326 e. The molecule has 2 N–H and O–H groups in total. The third-order valence-corrected chi connectivity index (χ3v) is 4.24. The average Bonchev–Trinajstić information content (AvgIpc) is 2.74. The molecule has 0 aromatic heterocycles. The summed E-state index contributed by atoms with van der Waals surface area (Å²) in [4.78, 5) is 14.6. The molecule has 6 heteroatoms. The number of nitrogens with zero attached hydrogens (tertiary/aromatic N) is 1. The molecular weight excluding hydrogens is 356 g/mol. The zero-order valence-corrected chi connectivity index (χ0v) is 15.8. The molecule has 3 aromatic carbocycles. The molecular formula is C22H22N2O4. The number of para-hydroxylation sites is 1. The van der Waals surface area contributed by atoms with Crippen molar-refractivity contribution in [3.8, 4) is 17.2 Å². The number of benzene rings is 3. The molecule has 3 rings (SSSR count). The van der Waals surface area contributed by atoms with E-state index in [1.54, 1.807) is 42.3 Å². The second kappa shape index (κ2) is 8.81. The molecule has 0 aliphatic carbocycles. The van der Waals surface area contributed by atoms with E-state index >= 15 is 0 Å². The quantitative estimate of drug-likeness (QED) is 0.655. The highest BCUT2D eigenvalue weighted by atomic mass is 16.5. The van der Waals surface area contributed by atoms with Crippen LogP contribution in [0.5, 0.6) is 17.2 Å². The van der Waals surface area contributed by atoms with Gasteiger partial charge in [0.15, 0.2) is 11.5 Å². The molecule has 0 fully saturated rings. The van der Waals surface area contributed by atoms with E-state index in [0.717, 1.165) is 5.56 Å². The van der Waals surface area contributed by atoms with Crippen molar-refractivity contribution < 1.29 is 19.4 Å². The third-order valence-electron chi connectivity index (χ3n) is 4.24. The van der Waals surface area contributed by atoms with Crippen molar-refractivity contribution in [1.29, 1.82) is 0 Å². The summed E-state index contributed by atoms with van der Waals surface area (Å²) in [6.07, 6.45) is 0. The van der Waals surface area contributed by atoms with E-state index in [1.807, 2.05) is 42.5 Å². The van der Waals surface area contributed by atoms with Gasteiger partial charge < -0.3 is 19.9 Å². The Labute approximate surface area is 163 Å². The number of nitrogens with one attached hydrogen (secondary N) is 1. The Balaban J connectivity index is 1.90. The smallest absolute Gasteiger partial charge is 0.326 e. The van der Waals surface area contributed by atoms with Gasteiger partial charge in [0.2, 0.25) is 0 Å². The Bertz CT molecular complexity index is 927. The van der Waals surface area contributed by atoms with Gasteiger partial charge in [-0.1, -0.05) is 24.3 Å². The number of aromatic hydroxyl groups is 1. The molecule has 0 atom stereocenters. The normalized spacial score (nSPS) is 10.2. The summed E-state index contributed by atoms with van der Waals surface area (Å²) in [5.74, 6) is 1.12. The van der Waals surface area contributed by atoms with E-state index < -0.39 is 0 Å². The summed E-state index contributed by atoms with van der Waals surface area (Å²) in [6, 6.07) is 21.2. The number of methoxy groups -OCH3 is 2. The molecule has 0 aliphatic rings. The van der Waals surface area contributed by atoms with Crippen LogP contribution < -0.4 is 19.7 Å². The average molecular weight is 378 g/mol. The highest BCUT2D eigenvalue weighted by Gasteiger charge is 2.17. The summed E-state index contributed by atoms with van der Waals surface area (Å²) >= 11 is 0. The zero-order valence-electron chi connectivity index (χ0n) is 15.8. The molecule has 0 saturated heterocycles. The molecule has 0 heterocycles. The first-order valence-electron chi connectivity index (χ1n) is 8.74. The predicted octanol–water partition coefficient (Wildman–Crippen LogP) is 4.65. The Morgan fingerprint density at radius 2 is 1.68 bits per heavy atom. The highest BCUT2D eigenvalue weighted by molar-refractivity contribution is 6.01. The molecule has 6 nitrogen and oxygen atoms in total. The number of anilines is 2. The number of phenolic OH excluding ortho intramolecular Hbond substituents is 1. The van der Waals surface area contributed by atoms with Crippen LogP contribution in [-0.4, -0.2) is 25.4 Å². The van der Waals surface area contributed by atoms with Crippen LogP contribution in [0.4, 0.5) is 16.2 Å².